The summed E-state index contributed by atoms with van der Waals surface area (Å²) in [4.78, 5) is 22.8. The highest BCUT2D eigenvalue weighted by Gasteiger charge is 2.29. The molecule has 0 radical (unpaired) electrons. The van der Waals surface area contributed by atoms with E-state index in [-0.39, 0.29) is 42.4 Å². The Bertz CT molecular complexity index is 1170. The Hall–Kier alpha value is -3.95. The normalized spacial score (nSPS) is 14.1. The minimum Gasteiger partial charge on any atom is -0.449 e. The number of ether oxygens (including phenoxy) is 1. The van der Waals surface area contributed by atoms with Crippen molar-refractivity contribution < 1.29 is 24.7 Å². The van der Waals surface area contributed by atoms with Gasteiger partial charge in [0.1, 0.15) is 12.7 Å². The lowest BCUT2D eigenvalue weighted by atomic mass is 9.98. The molecule has 3 aromatic rings. The molecule has 0 aromatic heterocycles. The molecule has 34 heavy (non-hydrogen) atoms. The zero-order valence-electron chi connectivity index (χ0n) is 18.3. The highest BCUT2D eigenvalue weighted by Crippen LogP contribution is 2.44. The first kappa shape index (κ1) is 23.2. The quantitative estimate of drug-likeness (QED) is 0.227. The molecule has 0 aliphatic heterocycles. The molecule has 0 fully saturated rings. The molecule has 9 heteroatoms. The number of carbonyl (C=O) groups excluding carboxylic acids is 1. The molecule has 0 spiro atoms. The highest BCUT2D eigenvalue weighted by atomic mass is 16.6. The van der Waals surface area contributed by atoms with E-state index in [4.69, 9.17) is 10.5 Å². The molecule has 0 heterocycles. The van der Waals surface area contributed by atoms with Crippen molar-refractivity contribution in [2.45, 2.75) is 24.5 Å². The number of nitro benzene ring substituents is 1. The Kier molecular flexibility index (Phi) is 6.76. The van der Waals surface area contributed by atoms with Crippen LogP contribution in [0.5, 0.6) is 0 Å². The number of anilines is 1. The number of aliphatic hydroxyl groups is 2. The lowest BCUT2D eigenvalue weighted by Gasteiger charge is -2.19. The van der Waals surface area contributed by atoms with Crippen molar-refractivity contribution in [1.29, 1.82) is 0 Å². The summed E-state index contributed by atoms with van der Waals surface area (Å²) < 4.78 is 5.43. The van der Waals surface area contributed by atoms with Crippen LogP contribution in [0.2, 0.25) is 0 Å². The molecule has 1 aliphatic carbocycles. The van der Waals surface area contributed by atoms with E-state index >= 15 is 0 Å². The minimum atomic E-state index is -1.53. The number of nitrogen functional groups attached to an aromatic ring is 1. The number of nitrogens with zero attached hydrogens (tertiary/aromatic N) is 1. The Labute approximate surface area is 196 Å². The van der Waals surface area contributed by atoms with Gasteiger partial charge in [-0.3, -0.25) is 10.1 Å². The summed E-state index contributed by atoms with van der Waals surface area (Å²) in [6.45, 7) is 0.158. The summed E-state index contributed by atoms with van der Waals surface area (Å²) in [6, 6.07) is 19.8. The number of nitrogens with one attached hydrogen (secondary N) is 1. The standard InChI is InChI=1S/C25H25N3O6/c26-15-9-10-22(28(32)33)20(13-15)24(30)23(29)11-12-27-25(31)34-14-21-18-7-3-1-5-16(18)17-6-2-4-8-19(17)21/h1-10,13,21,23-24,29-30H,11-12,14,26H2,(H,27,31). The molecule has 0 saturated heterocycles. The molecule has 176 valence electrons. The third-order valence-corrected chi connectivity index (χ3v) is 5.98. The Morgan fingerprint density at radius 2 is 1.68 bits per heavy atom. The fourth-order valence-corrected chi connectivity index (χ4v) is 4.31. The van der Waals surface area contributed by atoms with Crippen LogP contribution in [0.4, 0.5) is 16.2 Å². The average molecular weight is 463 g/mol. The van der Waals surface area contributed by atoms with E-state index in [0.717, 1.165) is 22.3 Å². The van der Waals surface area contributed by atoms with E-state index in [1.54, 1.807) is 0 Å². The van der Waals surface area contributed by atoms with Crippen molar-refractivity contribution in [1.82, 2.24) is 5.32 Å². The zero-order chi connectivity index (χ0) is 24.2. The summed E-state index contributed by atoms with van der Waals surface area (Å²) in [5, 5.41) is 34.4. The number of hydrogen-bond acceptors (Lipinski definition) is 7. The Morgan fingerprint density at radius 3 is 2.29 bits per heavy atom. The fourth-order valence-electron chi connectivity index (χ4n) is 4.31. The maximum atomic E-state index is 12.2. The van der Waals surface area contributed by atoms with Gasteiger partial charge in [0, 0.05) is 24.2 Å². The Balaban J connectivity index is 1.31. The van der Waals surface area contributed by atoms with E-state index in [9.17, 15) is 25.1 Å². The monoisotopic (exact) mass is 463 g/mol. The first-order chi connectivity index (χ1) is 16.4. The van der Waals surface area contributed by atoms with Crippen molar-refractivity contribution in [3.05, 3.63) is 93.5 Å². The van der Waals surface area contributed by atoms with Crippen molar-refractivity contribution in [2.24, 2.45) is 0 Å². The lowest BCUT2D eigenvalue weighted by molar-refractivity contribution is -0.386. The van der Waals surface area contributed by atoms with Gasteiger partial charge in [0.25, 0.3) is 5.69 Å². The van der Waals surface area contributed by atoms with E-state index in [2.05, 4.69) is 5.32 Å². The average Bonchev–Trinajstić information content (AvgIpc) is 3.15. The summed E-state index contributed by atoms with van der Waals surface area (Å²) in [5.74, 6) is -0.0744. The molecule has 1 amide bonds. The van der Waals surface area contributed by atoms with Crippen LogP contribution >= 0.6 is 0 Å². The molecule has 0 bridgehead atoms. The molecule has 3 aromatic carbocycles. The van der Waals surface area contributed by atoms with Gasteiger partial charge in [-0.1, -0.05) is 48.5 Å². The van der Waals surface area contributed by atoms with Crippen LogP contribution in [0.15, 0.2) is 66.7 Å². The predicted molar refractivity (Wildman–Crippen MR) is 126 cm³/mol. The number of rotatable bonds is 8. The first-order valence-corrected chi connectivity index (χ1v) is 10.9. The second-order valence-corrected chi connectivity index (χ2v) is 8.13. The summed E-state index contributed by atoms with van der Waals surface area (Å²) in [7, 11) is 0. The van der Waals surface area contributed by atoms with Gasteiger partial charge in [-0.15, -0.1) is 0 Å². The van der Waals surface area contributed by atoms with Crippen LogP contribution in [0.1, 0.15) is 35.1 Å². The summed E-state index contributed by atoms with van der Waals surface area (Å²) in [6.07, 6.45) is -3.58. The highest BCUT2D eigenvalue weighted by molar-refractivity contribution is 5.79. The maximum absolute atomic E-state index is 12.2. The van der Waals surface area contributed by atoms with Gasteiger partial charge in [-0.2, -0.15) is 0 Å². The van der Waals surface area contributed by atoms with Gasteiger partial charge >= 0.3 is 6.09 Å². The van der Waals surface area contributed by atoms with E-state index in [0.29, 0.717) is 0 Å². The second-order valence-electron chi connectivity index (χ2n) is 8.13. The number of fused-ring (bicyclic) bond motifs is 3. The fraction of sp³-hybridized carbons (Fsp3) is 0.240. The first-order valence-electron chi connectivity index (χ1n) is 10.9. The van der Waals surface area contributed by atoms with Crippen molar-refractivity contribution in [2.75, 3.05) is 18.9 Å². The van der Waals surface area contributed by atoms with Crippen molar-refractivity contribution in [3.63, 3.8) is 0 Å². The van der Waals surface area contributed by atoms with Crippen molar-refractivity contribution in [3.8, 4) is 11.1 Å². The number of amides is 1. The van der Waals surface area contributed by atoms with E-state index < -0.39 is 23.2 Å². The van der Waals surface area contributed by atoms with Crippen LogP contribution in [0.25, 0.3) is 11.1 Å². The van der Waals surface area contributed by atoms with E-state index in [1.165, 1.54) is 18.2 Å². The molecule has 1 aliphatic rings. The number of nitrogens with two attached hydrogens (primary N) is 1. The van der Waals surface area contributed by atoms with Gasteiger partial charge in [0.05, 0.1) is 16.6 Å². The van der Waals surface area contributed by atoms with Gasteiger partial charge in [-0.05, 0) is 40.8 Å². The third-order valence-electron chi connectivity index (χ3n) is 5.98. The summed E-state index contributed by atoms with van der Waals surface area (Å²) >= 11 is 0. The number of carbonyl (C=O) groups is 1. The maximum Gasteiger partial charge on any atom is 0.407 e. The molecule has 5 N–H and O–H groups in total. The smallest absolute Gasteiger partial charge is 0.407 e. The van der Waals surface area contributed by atoms with Crippen molar-refractivity contribution >= 4 is 17.5 Å². The van der Waals surface area contributed by atoms with Crippen LogP contribution in [-0.2, 0) is 4.74 Å². The topological polar surface area (TPSA) is 148 Å². The molecule has 9 nitrogen and oxygen atoms in total. The van der Waals surface area contributed by atoms with Gasteiger partial charge in [0.2, 0.25) is 0 Å². The summed E-state index contributed by atoms with van der Waals surface area (Å²) in [5.41, 5.74) is 9.90. The lowest BCUT2D eigenvalue weighted by Crippen LogP contribution is -2.30. The third kappa shape index (κ3) is 4.70. The van der Waals surface area contributed by atoms with E-state index in [1.807, 2.05) is 48.5 Å². The number of aliphatic hydroxyl groups excluding tert-OH is 2. The number of nitro groups is 1. The van der Waals surface area contributed by atoms with Crippen LogP contribution in [0.3, 0.4) is 0 Å². The second kappa shape index (κ2) is 9.90. The van der Waals surface area contributed by atoms with Crippen LogP contribution in [-0.4, -0.2) is 40.5 Å². The Morgan fingerprint density at radius 1 is 1.06 bits per heavy atom. The molecule has 4 rings (SSSR count). The molecular formula is C25H25N3O6. The molecular weight excluding hydrogens is 438 g/mol. The van der Waals surface area contributed by atoms with Gasteiger partial charge in [0.15, 0.2) is 0 Å². The minimum absolute atomic E-state index is 0.00497. The van der Waals surface area contributed by atoms with Crippen LogP contribution < -0.4 is 11.1 Å². The van der Waals surface area contributed by atoms with Crippen LogP contribution in [0, 0.1) is 10.1 Å². The SMILES string of the molecule is Nc1ccc([N+](=O)[O-])c(C(O)C(O)CCNC(=O)OCC2c3ccccc3-c3ccccc32)c1. The molecule has 2 unspecified atom stereocenters. The molecule has 0 saturated carbocycles. The van der Waals surface area contributed by atoms with Gasteiger partial charge in [-0.25, -0.2) is 4.79 Å². The largest absolute Gasteiger partial charge is 0.449 e. The molecule has 2 atom stereocenters. The number of hydrogen-bond donors (Lipinski definition) is 4. The van der Waals surface area contributed by atoms with Gasteiger partial charge < -0.3 is 26.0 Å². The number of benzene rings is 3. The predicted octanol–water partition coefficient (Wildman–Crippen LogP) is 3.50. The number of alkyl carbamates (subject to hydrolysis) is 1. The zero-order valence-corrected chi connectivity index (χ0v) is 18.3.